The summed E-state index contributed by atoms with van der Waals surface area (Å²) in [4.78, 5) is 29.7. The minimum absolute atomic E-state index is 0.00653. The maximum atomic E-state index is 13.1. The van der Waals surface area contributed by atoms with E-state index in [-0.39, 0.29) is 54.0 Å². The number of rotatable bonds is 10. The van der Waals surface area contributed by atoms with E-state index < -0.39 is 10.0 Å². The lowest BCUT2D eigenvalue weighted by molar-refractivity contribution is -0.120. The molecule has 1 aliphatic carbocycles. The zero-order chi connectivity index (χ0) is 27.2. The Morgan fingerprint density at radius 3 is 2.46 bits per heavy atom. The molecule has 0 atom stereocenters. The molecule has 0 aliphatic heterocycles. The monoisotopic (exact) mass is 550 g/mol. The van der Waals surface area contributed by atoms with Gasteiger partial charge in [-0.3, -0.25) is 4.79 Å². The first kappa shape index (κ1) is 29.1. The van der Waals surface area contributed by atoms with Crippen molar-refractivity contribution in [2.75, 3.05) is 6.54 Å². The Morgan fingerprint density at radius 1 is 1.14 bits per heavy atom. The maximum Gasteiger partial charge on any atom is 0.407 e. The maximum absolute atomic E-state index is 13.1. The van der Waals surface area contributed by atoms with Crippen LogP contribution in [0.4, 0.5) is 4.79 Å². The molecular weight excluding hydrogens is 512 g/mol. The zero-order valence-electron chi connectivity index (χ0n) is 22.2. The Labute approximate surface area is 223 Å². The normalized spacial score (nSPS) is 18.1. The average Bonchev–Trinajstić information content (AvgIpc) is 3.28. The first-order chi connectivity index (χ1) is 17.5. The fourth-order valence-electron chi connectivity index (χ4n) is 4.43. The van der Waals surface area contributed by atoms with Crippen molar-refractivity contribution in [3.05, 3.63) is 35.0 Å². The van der Waals surface area contributed by atoms with E-state index in [4.69, 9.17) is 4.74 Å². The number of benzene rings is 1. The minimum Gasteiger partial charge on any atom is -0.447 e. The molecule has 3 N–H and O–H groups in total. The summed E-state index contributed by atoms with van der Waals surface area (Å²) in [5.41, 5.74) is 1.20. The highest BCUT2D eigenvalue weighted by molar-refractivity contribution is 7.89. The van der Waals surface area contributed by atoms with Gasteiger partial charge in [0.1, 0.15) is 0 Å². The predicted octanol–water partition coefficient (Wildman–Crippen LogP) is 4.34. The molecule has 2 aromatic rings. The number of nitrogens with zero attached hydrogens (tertiary/aromatic N) is 1. The van der Waals surface area contributed by atoms with E-state index in [1.807, 2.05) is 27.7 Å². The number of nitrogens with one attached hydrogen (secondary N) is 3. The number of hydrogen-bond acceptors (Lipinski definition) is 7. The Hall–Kier alpha value is -2.50. The quantitative estimate of drug-likeness (QED) is 0.404. The largest absolute Gasteiger partial charge is 0.447 e. The smallest absolute Gasteiger partial charge is 0.407 e. The standard InChI is InChI=1S/C26H38N4O5S2/c1-6-28-37(33,34)23-13-18(14-24(31)29-16(2)3)7-12-21(23)22-15-27-25(36-22)19-8-10-20(11-9-19)30-26(32)35-17(4)5/h7,12-13,15-17,19-20,28H,6,8-11,14H2,1-5H3,(H,29,31)(H,30,32). The van der Waals surface area contributed by atoms with Gasteiger partial charge in [0.15, 0.2) is 0 Å². The second kappa shape index (κ2) is 12.8. The van der Waals surface area contributed by atoms with Crippen LogP contribution in [-0.2, 0) is 26.0 Å². The Balaban J connectivity index is 1.77. The summed E-state index contributed by atoms with van der Waals surface area (Å²) in [5.74, 6) is 0.0999. The number of ether oxygens (including phenoxy) is 1. The van der Waals surface area contributed by atoms with Gasteiger partial charge >= 0.3 is 6.09 Å². The molecule has 204 valence electrons. The topological polar surface area (TPSA) is 126 Å². The Morgan fingerprint density at radius 2 is 1.84 bits per heavy atom. The van der Waals surface area contributed by atoms with Crippen molar-refractivity contribution in [3.63, 3.8) is 0 Å². The van der Waals surface area contributed by atoms with Crippen LogP contribution in [0, 0.1) is 0 Å². The fraction of sp³-hybridized carbons (Fsp3) is 0.577. The molecule has 1 saturated carbocycles. The summed E-state index contributed by atoms with van der Waals surface area (Å²) < 4.78 is 33.9. The number of alkyl carbamates (subject to hydrolysis) is 1. The molecule has 0 unspecified atom stereocenters. The third-order valence-corrected chi connectivity index (χ3v) is 8.79. The highest BCUT2D eigenvalue weighted by Crippen LogP contribution is 2.39. The third-order valence-electron chi connectivity index (χ3n) is 6.01. The molecule has 1 aromatic heterocycles. The van der Waals surface area contributed by atoms with Crippen LogP contribution in [0.1, 0.15) is 76.8 Å². The molecule has 0 spiro atoms. The van der Waals surface area contributed by atoms with Crippen LogP contribution in [0.3, 0.4) is 0 Å². The van der Waals surface area contributed by atoms with Gasteiger partial charge < -0.3 is 15.4 Å². The summed E-state index contributed by atoms with van der Waals surface area (Å²) in [6, 6.07) is 5.24. The molecule has 0 bridgehead atoms. The van der Waals surface area contributed by atoms with Crippen LogP contribution in [0.5, 0.6) is 0 Å². The van der Waals surface area contributed by atoms with Crippen molar-refractivity contribution in [2.24, 2.45) is 0 Å². The van der Waals surface area contributed by atoms with Crippen LogP contribution in [0.25, 0.3) is 10.4 Å². The molecule has 9 nitrogen and oxygen atoms in total. The third kappa shape index (κ3) is 8.24. The average molecular weight is 551 g/mol. The van der Waals surface area contributed by atoms with Crippen LogP contribution in [0.15, 0.2) is 29.3 Å². The summed E-state index contributed by atoms with van der Waals surface area (Å²) >= 11 is 1.50. The predicted molar refractivity (Wildman–Crippen MR) is 145 cm³/mol. The number of thiazole rings is 1. The molecular formula is C26H38N4O5S2. The molecule has 0 saturated heterocycles. The van der Waals surface area contributed by atoms with Crippen LogP contribution in [-0.4, -0.2) is 50.1 Å². The minimum atomic E-state index is -3.77. The molecule has 2 amide bonds. The summed E-state index contributed by atoms with van der Waals surface area (Å²) in [7, 11) is -3.77. The van der Waals surface area contributed by atoms with E-state index in [0.29, 0.717) is 11.1 Å². The lowest BCUT2D eigenvalue weighted by Crippen LogP contribution is -2.38. The van der Waals surface area contributed by atoms with Crippen molar-refractivity contribution < 1.29 is 22.7 Å². The molecule has 1 aromatic carbocycles. The zero-order valence-corrected chi connectivity index (χ0v) is 23.8. The van der Waals surface area contributed by atoms with Crippen LogP contribution >= 0.6 is 11.3 Å². The fourth-order valence-corrected chi connectivity index (χ4v) is 6.93. The Bertz CT molecular complexity index is 1190. The molecule has 3 rings (SSSR count). The SMILES string of the molecule is CCNS(=O)(=O)c1cc(CC(=O)NC(C)C)ccc1-c1cnc(C2CCC(NC(=O)OC(C)C)CC2)s1. The van der Waals surface area contributed by atoms with E-state index >= 15 is 0 Å². The number of aromatic nitrogens is 1. The highest BCUT2D eigenvalue weighted by Gasteiger charge is 2.27. The van der Waals surface area contributed by atoms with Crippen LogP contribution in [0.2, 0.25) is 0 Å². The molecule has 1 fully saturated rings. The van der Waals surface area contributed by atoms with Gasteiger partial charge in [-0.25, -0.2) is 22.9 Å². The molecule has 0 radical (unpaired) electrons. The number of carbonyl (C=O) groups is 2. The molecule has 1 aliphatic rings. The van der Waals surface area contributed by atoms with Crippen molar-refractivity contribution in [2.45, 2.75) is 95.7 Å². The van der Waals surface area contributed by atoms with E-state index in [2.05, 4.69) is 20.3 Å². The molecule has 1 heterocycles. The van der Waals surface area contributed by atoms with E-state index in [9.17, 15) is 18.0 Å². The van der Waals surface area contributed by atoms with Gasteiger partial charge in [0, 0.05) is 36.3 Å². The highest BCUT2D eigenvalue weighted by atomic mass is 32.2. The van der Waals surface area contributed by atoms with Gasteiger partial charge in [0.25, 0.3) is 0 Å². The van der Waals surface area contributed by atoms with Gasteiger partial charge in [0.2, 0.25) is 15.9 Å². The van der Waals surface area contributed by atoms with Gasteiger partial charge in [-0.15, -0.1) is 11.3 Å². The number of sulfonamides is 1. The summed E-state index contributed by atoms with van der Waals surface area (Å²) in [6.45, 7) is 9.40. The van der Waals surface area contributed by atoms with Gasteiger partial charge in [-0.1, -0.05) is 19.1 Å². The second-order valence-corrected chi connectivity index (χ2v) is 12.7. The van der Waals surface area contributed by atoms with E-state index in [1.165, 1.54) is 11.3 Å². The second-order valence-electron chi connectivity index (χ2n) is 9.94. The van der Waals surface area contributed by atoms with Gasteiger partial charge in [-0.05, 0) is 65.0 Å². The van der Waals surface area contributed by atoms with Crippen molar-refractivity contribution in [1.29, 1.82) is 0 Å². The summed E-state index contributed by atoms with van der Waals surface area (Å²) in [5, 5.41) is 6.74. The van der Waals surface area contributed by atoms with Crippen molar-refractivity contribution >= 4 is 33.4 Å². The van der Waals surface area contributed by atoms with E-state index in [1.54, 1.807) is 31.3 Å². The number of carbonyl (C=O) groups excluding carboxylic acids is 2. The Kier molecular flexibility index (Phi) is 10.1. The van der Waals surface area contributed by atoms with Crippen molar-refractivity contribution in [1.82, 2.24) is 20.3 Å². The molecule has 11 heteroatoms. The van der Waals surface area contributed by atoms with Crippen LogP contribution < -0.4 is 15.4 Å². The lowest BCUT2D eigenvalue weighted by Gasteiger charge is -2.28. The van der Waals surface area contributed by atoms with Gasteiger partial charge in [-0.2, -0.15) is 0 Å². The number of amides is 2. The first-order valence-electron chi connectivity index (χ1n) is 12.8. The number of hydrogen-bond donors (Lipinski definition) is 3. The van der Waals surface area contributed by atoms with Crippen molar-refractivity contribution in [3.8, 4) is 10.4 Å². The molecule has 37 heavy (non-hydrogen) atoms. The summed E-state index contributed by atoms with van der Waals surface area (Å²) in [6.07, 6.45) is 4.73. The first-order valence-corrected chi connectivity index (χ1v) is 15.1. The van der Waals surface area contributed by atoms with Gasteiger partial charge in [0.05, 0.1) is 27.3 Å². The van der Waals surface area contributed by atoms with E-state index in [0.717, 1.165) is 35.6 Å². The lowest BCUT2D eigenvalue weighted by atomic mass is 9.86.